The van der Waals surface area contributed by atoms with Gasteiger partial charge in [-0.25, -0.2) is 0 Å². The third kappa shape index (κ3) is 7.89. The summed E-state index contributed by atoms with van der Waals surface area (Å²) in [5.74, 6) is 0.531. The quantitative estimate of drug-likeness (QED) is 0.430. The lowest BCUT2D eigenvalue weighted by Crippen LogP contribution is -2.13. The Bertz CT molecular complexity index is 384. The average molecular weight is 290 g/mol. The summed E-state index contributed by atoms with van der Waals surface area (Å²) in [6, 6.07) is 9.81. The molecule has 0 aliphatic rings. The van der Waals surface area contributed by atoms with Crippen molar-refractivity contribution in [2.24, 2.45) is 5.92 Å². The molecule has 0 fully saturated rings. The molecule has 0 amide bonds. The Morgan fingerprint density at radius 2 is 1.57 bits per heavy atom. The van der Waals surface area contributed by atoms with Gasteiger partial charge < -0.3 is 4.74 Å². The van der Waals surface area contributed by atoms with Crippen molar-refractivity contribution in [2.45, 2.75) is 65.2 Å². The SMILES string of the molecule is CC(C)CCCCCCCOC(=O)C(C)c1ccccc1. The summed E-state index contributed by atoms with van der Waals surface area (Å²) < 4.78 is 5.36. The van der Waals surface area contributed by atoms with Gasteiger partial charge in [0.1, 0.15) is 0 Å². The molecular weight excluding hydrogens is 260 g/mol. The molecular formula is C19H30O2. The molecule has 1 aromatic rings. The molecule has 0 aliphatic carbocycles. The van der Waals surface area contributed by atoms with Crippen molar-refractivity contribution in [3.8, 4) is 0 Å². The van der Waals surface area contributed by atoms with Crippen LogP contribution in [0.15, 0.2) is 30.3 Å². The van der Waals surface area contributed by atoms with Crippen molar-refractivity contribution < 1.29 is 9.53 Å². The van der Waals surface area contributed by atoms with Crippen LogP contribution in [0.2, 0.25) is 0 Å². The topological polar surface area (TPSA) is 26.3 Å². The van der Waals surface area contributed by atoms with E-state index in [1.54, 1.807) is 0 Å². The highest BCUT2D eigenvalue weighted by Gasteiger charge is 2.15. The van der Waals surface area contributed by atoms with Crippen molar-refractivity contribution in [1.29, 1.82) is 0 Å². The molecule has 0 N–H and O–H groups in total. The zero-order valence-electron chi connectivity index (χ0n) is 13.8. The molecule has 0 bridgehead atoms. The van der Waals surface area contributed by atoms with Gasteiger partial charge in [0.2, 0.25) is 0 Å². The van der Waals surface area contributed by atoms with Crippen LogP contribution in [0.4, 0.5) is 0 Å². The number of carbonyl (C=O) groups is 1. The van der Waals surface area contributed by atoms with Crippen LogP contribution in [0.25, 0.3) is 0 Å². The van der Waals surface area contributed by atoms with Crippen LogP contribution in [-0.2, 0) is 9.53 Å². The highest BCUT2D eigenvalue weighted by Crippen LogP contribution is 2.16. The predicted molar refractivity (Wildman–Crippen MR) is 88.4 cm³/mol. The third-order valence-electron chi connectivity index (χ3n) is 3.82. The van der Waals surface area contributed by atoms with Crippen LogP contribution in [0.5, 0.6) is 0 Å². The first-order valence-corrected chi connectivity index (χ1v) is 8.33. The molecule has 0 heterocycles. The number of hydrogen-bond acceptors (Lipinski definition) is 2. The summed E-state index contributed by atoms with van der Waals surface area (Å²) >= 11 is 0. The molecule has 2 heteroatoms. The van der Waals surface area contributed by atoms with E-state index in [2.05, 4.69) is 13.8 Å². The van der Waals surface area contributed by atoms with E-state index in [9.17, 15) is 4.79 Å². The maximum Gasteiger partial charge on any atom is 0.313 e. The van der Waals surface area contributed by atoms with Crippen molar-refractivity contribution >= 4 is 5.97 Å². The van der Waals surface area contributed by atoms with E-state index < -0.39 is 0 Å². The van der Waals surface area contributed by atoms with Gasteiger partial charge in [-0.15, -0.1) is 0 Å². The highest BCUT2D eigenvalue weighted by molar-refractivity contribution is 5.77. The Hall–Kier alpha value is -1.31. The lowest BCUT2D eigenvalue weighted by Gasteiger charge is -2.11. The minimum Gasteiger partial charge on any atom is -0.465 e. The molecule has 1 unspecified atom stereocenters. The van der Waals surface area contributed by atoms with Crippen LogP contribution in [0, 0.1) is 5.92 Å². The Morgan fingerprint density at radius 1 is 0.952 bits per heavy atom. The number of esters is 1. The average Bonchev–Trinajstić information content (AvgIpc) is 2.49. The summed E-state index contributed by atoms with van der Waals surface area (Å²) in [5.41, 5.74) is 1.02. The Morgan fingerprint density at radius 3 is 2.24 bits per heavy atom. The minimum atomic E-state index is -0.169. The Labute approximate surface area is 129 Å². The summed E-state index contributed by atoms with van der Waals surface area (Å²) in [7, 11) is 0. The van der Waals surface area contributed by atoms with Crippen LogP contribution in [0.3, 0.4) is 0 Å². The van der Waals surface area contributed by atoms with Crippen LogP contribution >= 0.6 is 0 Å². The van der Waals surface area contributed by atoms with E-state index >= 15 is 0 Å². The first kappa shape index (κ1) is 17.7. The van der Waals surface area contributed by atoms with E-state index in [1.807, 2.05) is 37.3 Å². The van der Waals surface area contributed by atoms with Crippen molar-refractivity contribution in [2.75, 3.05) is 6.61 Å². The standard InChI is InChI=1S/C19H30O2/c1-16(2)12-8-5-4-6-11-15-21-19(20)17(3)18-13-9-7-10-14-18/h7,9-10,13-14,16-17H,4-6,8,11-12,15H2,1-3H3. The molecule has 2 nitrogen and oxygen atoms in total. The summed E-state index contributed by atoms with van der Waals surface area (Å²) in [6.45, 7) is 7.00. The molecule has 0 saturated carbocycles. The smallest absolute Gasteiger partial charge is 0.313 e. The predicted octanol–water partition coefficient (Wildman–Crippen LogP) is 5.33. The largest absolute Gasteiger partial charge is 0.465 e. The maximum atomic E-state index is 11.9. The fourth-order valence-electron chi connectivity index (χ4n) is 2.36. The second-order valence-corrected chi connectivity index (χ2v) is 6.25. The third-order valence-corrected chi connectivity index (χ3v) is 3.82. The van der Waals surface area contributed by atoms with Gasteiger partial charge in [-0.2, -0.15) is 0 Å². The van der Waals surface area contributed by atoms with Gasteiger partial charge in [-0.3, -0.25) is 4.79 Å². The van der Waals surface area contributed by atoms with Crippen molar-refractivity contribution in [1.82, 2.24) is 0 Å². The summed E-state index contributed by atoms with van der Waals surface area (Å²) in [4.78, 5) is 11.9. The van der Waals surface area contributed by atoms with Gasteiger partial charge in [-0.1, -0.05) is 76.3 Å². The van der Waals surface area contributed by atoms with Gasteiger partial charge in [-0.05, 0) is 24.8 Å². The lowest BCUT2D eigenvalue weighted by molar-refractivity contribution is -0.145. The van der Waals surface area contributed by atoms with E-state index in [0.717, 1.165) is 24.3 Å². The van der Waals surface area contributed by atoms with Gasteiger partial charge >= 0.3 is 5.97 Å². The number of rotatable bonds is 10. The van der Waals surface area contributed by atoms with Crippen LogP contribution in [-0.4, -0.2) is 12.6 Å². The molecule has 0 saturated heterocycles. The zero-order chi connectivity index (χ0) is 15.5. The molecule has 0 aromatic heterocycles. The van der Waals surface area contributed by atoms with Crippen molar-refractivity contribution in [3.05, 3.63) is 35.9 Å². The number of carbonyl (C=O) groups excluding carboxylic acids is 1. The van der Waals surface area contributed by atoms with E-state index in [1.165, 1.54) is 25.7 Å². The molecule has 21 heavy (non-hydrogen) atoms. The second-order valence-electron chi connectivity index (χ2n) is 6.25. The Kier molecular flexibility index (Phi) is 8.80. The molecule has 1 aromatic carbocycles. The molecule has 0 aliphatic heterocycles. The molecule has 1 atom stereocenters. The first-order valence-electron chi connectivity index (χ1n) is 8.33. The monoisotopic (exact) mass is 290 g/mol. The number of hydrogen-bond donors (Lipinski definition) is 0. The number of ether oxygens (including phenoxy) is 1. The van der Waals surface area contributed by atoms with Gasteiger partial charge in [0.15, 0.2) is 0 Å². The Balaban J connectivity index is 2.06. The summed E-state index contributed by atoms with van der Waals surface area (Å²) in [6.07, 6.45) is 7.33. The fourth-order valence-corrected chi connectivity index (χ4v) is 2.36. The molecule has 0 radical (unpaired) electrons. The van der Waals surface area contributed by atoms with Crippen molar-refractivity contribution in [3.63, 3.8) is 0 Å². The maximum absolute atomic E-state index is 11.9. The van der Waals surface area contributed by atoms with Gasteiger partial charge in [0.25, 0.3) is 0 Å². The lowest BCUT2D eigenvalue weighted by atomic mass is 10.0. The fraction of sp³-hybridized carbons (Fsp3) is 0.632. The normalized spacial score (nSPS) is 12.4. The molecule has 0 spiro atoms. The van der Waals surface area contributed by atoms with Crippen LogP contribution in [0.1, 0.15) is 70.8 Å². The van der Waals surface area contributed by atoms with Gasteiger partial charge in [0.05, 0.1) is 12.5 Å². The second kappa shape index (κ2) is 10.4. The van der Waals surface area contributed by atoms with Gasteiger partial charge in [0, 0.05) is 0 Å². The number of benzene rings is 1. The molecule has 1 rings (SSSR count). The molecule has 118 valence electrons. The highest BCUT2D eigenvalue weighted by atomic mass is 16.5. The van der Waals surface area contributed by atoms with E-state index in [4.69, 9.17) is 4.74 Å². The van der Waals surface area contributed by atoms with E-state index in [0.29, 0.717) is 6.61 Å². The minimum absolute atomic E-state index is 0.110. The van der Waals surface area contributed by atoms with Crippen LogP contribution < -0.4 is 0 Å². The zero-order valence-corrected chi connectivity index (χ0v) is 13.8. The number of unbranched alkanes of at least 4 members (excludes halogenated alkanes) is 4. The first-order chi connectivity index (χ1) is 10.1. The van der Waals surface area contributed by atoms with E-state index in [-0.39, 0.29) is 11.9 Å². The summed E-state index contributed by atoms with van der Waals surface area (Å²) in [5, 5.41) is 0.